The lowest BCUT2D eigenvalue weighted by molar-refractivity contribution is -0.137. The number of carbonyl (C=O) groups is 1. The molecule has 1 rings (SSSR count). The van der Waals surface area contributed by atoms with Gasteiger partial charge in [-0.15, -0.1) is 0 Å². The molecule has 0 saturated carbocycles. The van der Waals surface area contributed by atoms with Gasteiger partial charge >= 0.3 is 6.18 Å². The molecule has 21 heavy (non-hydrogen) atoms. The Kier molecular flexibility index (Phi) is 6.05. The molecule has 0 bridgehead atoms. The molecule has 1 aromatic carbocycles. The summed E-state index contributed by atoms with van der Waals surface area (Å²) in [5, 5.41) is 5.57. The second-order valence-electron chi connectivity index (χ2n) is 5.26. The van der Waals surface area contributed by atoms with E-state index in [2.05, 4.69) is 10.6 Å². The largest absolute Gasteiger partial charge is 0.416 e. The predicted octanol–water partition coefficient (Wildman–Crippen LogP) is 3.67. The predicted molar refractivity (Wildman–Crippen MR) is 77.0 cm³/mol. The molecule has 1 unspecified atom stereocenters. The van der Waals surface area contributed by atoms with E-state index >= 15 is 0 Å². The zero-order chi connectivity index (χ0) is 16.0. The molecule has 1 amide bonds. The molecule has 118 valence electrons. The fourth-order valence-corrected chi connectivity index (χ4v) is 1.99. The van der Waals surface area contributed by atoms with E-state index < -0.39 is 11.7 Å². The van der Waals surface area contributed by atoms with Gasteiger partial charge in [-0.05, 0) is 30.5 Å². The van der Waals surface area contributed by atoms with Crippen LogP contribution < -0.4 is 10.6 Å². The number of hydrogen-bond acceptors (Lipinski definition) is 2. The third-order valence-corrected chi connectivity index (χ3v) is 3.23. The summed E-state index contributed by atoms with van der Waals surface area (Å²) in [6.07, 6.45) is -3.57. The highest BCUT2D eigenvalue weighted by atomic mass is 19.4. The van der Waals surface area contributed by atoms with Crippen LogP contribution in [-0.4, -0.2) is 18.5 Å². The molecule has 3 nitrogen and oxygen atoms in total. The van der Waals surface area contributed by atoms with Crippen LogP contribution in [0.4, 0.5) is 18.9 Å². The lowest BCUT2D eigenvalue weighted by Crippen LogP contribution is -2.40. The third kappa shape index (κ3) is 5.65. The van der Waals surface area contributed by atoms with Crippen LogP contribution in [0.15, 0.2) is 24.3 Å². The molecule has 6 heteroatoms. The highest BCUT2D eigenvalue weighted by Crippen LogP contribution is 2.30. The number of benzene rings is 1. The number of carbonyl (C=O) groups excluding carboxylic acids is 1. The minimum Gasteiger partial charge on any atom is -0.376 e. The summed E-state index contributed by atoms with van der Waals surface area (Å²) < 4.78 is 37.7. The van der Waals surface area contributed by atoms with Gasteiger partial charge in [0.25, 0.3) is 0 Å². The van der Waals surface area contributed by atoms with Crippen molar-refractivity contribution in [3.05, 3.63) is 29.8 Å². The van der Waals surface area contributed by atoms with Crippen LogP contribution in [0.25, 0.3) is 0 Å². The molecule has 0 aliphatic carbocycles. The van der Waals surface area contributed by atoms with Crippen molar-refractivity contribution in [2.45, 2.75) is 39.4 Å². The first-order valence-corrected chi connectivity index (χ1v) is 6.94. The van der Waals surface area contributed by atoms with E-state index in [1.807, 2.05) is 20.8 Å². The average molecular weight is 302 g/mol. The number of hydrogen-bond donors (Lipinski definition) is 2. The van der Waals surface area contributed by atoms with Gasteiger partial charge in [-0.25, -0.2) is 0 Å². The van der Waals surface area contributed by atoms with Gasteiger partial charge < -0.3 is 10.6 Å². The first-order chi connectivity index (χ1) is 9.74. The number of anilines is 1. The van der Waals surface area contributed by atoms with Gasteiger partial charge in [-0.2, -0.15) is 13.2 Å². The monoisotopic (exact) mass is 302 g/mol. The Morgan fingerprint density at radius 1 is 1.29 bits per heavy atom. The highest BCUT2D eigenvalue weighted by molar-refractivity contribution is 5.81. The molecular formula is C15H21F3N2O. The quantitative estimate of drug-likeness (QED) is 0.842. The van der Waals surface area contributed by atoms with Crippen LogP contribution >= 0.6 is 0 Å². The third-order valence-electron chi connectivity index (χ3n) is 3.23. The molecule has 1 aromatic rings. The van der Waals surface area contributed by atoms with Crippen molar-refractivity contribution >= 4 is 11.6 Å². The Morgan fingerprint density at radius 3 is 2.48 bits per heavy atom. The maximum absolute atomic E-state index is 12.6. The zero-order valence-electron chi connectivity index (χ0n) is 12.4. The molecule has 0 aliphatic rings. The topological polar surface area (TPSA) is 41.1 Å². The second-order valence-corrected chi connectivity index (χ2v) is 5.26. The fourth-order valence-electron chi connectivity index (χ4n) is 1.99. The Balaban J connectivity index is 2.57. The summed E-state index contributed by atoms with van der Waals surface area (Å²) in [5.41, 5.74) is -0.459. The minimum atomic E-state index is -4.38. The van der Waals surface area contributed by atoms with E-state index in [1.54, 1.807) is 0 Å². The van der Waals surface area contributed by atoms with Crippen molar-refractivity contribution < 1.29 is 18.0 Å². The summed E-state index contributed by atoms with van der Waals surface area (Å²) in [6.45, 7) is 5.94. The van der Waals surface area contributed by atoms with Crippen molar-refractivity contribution in [3.8, 4) is 0 Å². The summed E-state index contributed by atoms with van der Waals surface area (Å²) in [7, 11) is 0. The molecule has 0 heterocycles. The molecule has 0 radical (unpaired) electrons. The number of alkyl halides is 3. The summed E-state index contributed by atoms with van der Waals surface area (Å²) >= 11 is 0. The number of rotatable bonds is 6. The summed E-state index contributed by atoms with van der Waals surface area (Å²) in [4.78, 5) is 11.8. The molecule has 0 saturated heterocycles. The van der Waals surface area contributed by atoms with Crippen LogP contribution in [0.3, 0.4) is 0 Å². The van der Waals surface area contributed by atoms with E-state index in [9.17, 15) is 18.0 Å². The van der Waals surface area contributed by atoms with Crippen LogP contribution in [-0.2, 0) is 11.0 Å². The van der Waals surface area contributed by atoms with Crippen molar-refractivity contribution in [1.82, 2.24) is 5.32 Å². The summed E-state index contributed by atoms with van der Waals surface area (Å²) in [5.74, 6) is 0.0838. The van der Waals surface area contributed by atoms with Crippen LogP contribution in [0.5, 0.6) is 0 Å². The van der Waals surface area contributed by atoms with Gasteiger partial charge in [0.15, 0.2) is 0 Å². The molecule has 0 fully saturated rings. The van der Waals surface area contributed by atoms with Gasteiger partial charge in [0.2, 0.25) is 5.91 Å². The number of amides is 1. The van der Waals surface area contributed by atoms with E-state index in [0.29, 0.717) is 5.92 Å². The Hall–Kier alpha value is -1.72. The molecule has 2 N–H and O–H groups in total. The number of nitrogens with one attached hydrogen (secondary N) is 2. The highest BCUT2D eigenvalue weighted by Gasteiger charge is 2.30. The van der Waals surface area contributed by atoms with Crippen molar-refractivity contribution in [2.75, 3.05) is 11.9 Å². The van der Waals surface area contributed by atoms with E-state index in [0.717, 1.165) is 18.6 Å². The SMILES string of the molecule is CCC(NC(=O)CNc1cccc(C(F)(F)F)c1)C(C)C. The van der Waals surface area contributed by atoms with E-state index in [1.165, 1.54) is 12.1 Å². The van der Waals surface area contributed by atoms with Gasteiger partial charge in [-0.1, -0.05) is 26.8 Å². The second kappa shape index (κ2) is 7.33. The van der Waals surface area contributed by atoms with Gasteiger partial charge in [0, 0.05) is 11.7 Å². The first-order valence-electron chi connectivity index (χ1n) is 6.94. The average Bonchev–Trinajstić information content (AvgIpc) is 2.41. The first kappa shape index (κ1) is 17.3. The van der Waals surface area contributed by atoms with Crippen molar-refractivity contribution in [2.24, 2.45) is 5.92 Å². The van der Waals surface area contributed by atoms with Crippen LogP contribution in [0.2, 0.25) is 0 Å². The van der Waals surface area contributed by atoms with Gasteiger partial charge in [0.1, 0.15) is 0 Å². The van der Waals surface area contributed by atoms with E-state index in [-0.39, 0.29) is 24.2 Å². The maximum atomic E-state index is 12.6. The molecular weight excluding hydrogens is 281 g/mol. The molecule has 0 aliphatic heterocycles. The lowest BCUT2D eigenvalue weighted by Gasteiger charge is -2.21. The van der Waals surface area contributed by atoms with Crippen LogP contribution in [0, 0.1) is 5.92 Å². The standard InChI is InChI=1S/C15H21F3N2O/c1-4-13(10(2)3)20-14(21)9-19-12-7-5-6-11(8-12)15(16,17)18/h5-8,10,13,19H,4,9H2,1-3H3,(H,20,21). The van der Waals surface area contributed by atoms with Crippen molar-refractivity contribution in [1.29, 1.82) is 0 Å². The summed E-state index contributed by atoms with van der Waals surface area (Å²) in [6, 6.07) is 4.87. The maximum Gasteiger partial charge on any atom is 0.416 e. The minimum absolute atomic E-state index is 0.0511. The normalized spacial score (nSPS) is 13.1. The molecule has 0 spiro atoms. The van der Waals surface area contributed by atoms with Crippen molar-refractivity contribution in [3.63, 3.8) is 0 Å². The Morgan fingerprint density at radius 2 is 1.95 bits per heavy atom. The van der Waals surface area contributed by atoms with Crippen LogP contribution in [0.1, 0.15) is 32.8 Å². The van der Waals surface area contributed by atoms with E-state index in [4.69, 9.17) is 0 Å². The lowest BCUT2D eigenvalue weighted by atomic mass is 10.0. The number of halogens is 3. The smallest absolute Gasteiger partial charge is 0.376 e. The molecule has 1 atom stereocenters. The Bertz CT molecular complexity index is 472. The van der Waals surface area contributed by atoms with Gasteiger partial charge in [0.05, 0.1) is 12.1 Å². The van der Waals surface area contributed by atoms with Gasteiger partial charge in [-0.3, -0.25) is 4.79 Å². The zero-order valence-corrected chi connectivity index (χ0v) is 12.4. The fraction of sp³-hybridized carbons (Fsp3) is 0.533. The molecule has 0 aromatic heterocycles. The Labute approximate surface area is 122 Å².